The van der Waals surface area contributed by atoms with Crippen molar-refractivity contribution in [2.45, 2.75) is 30.3 Å². The smallest absolute Gasteiger partial charge is 0.261 e. The van der Waals surface area contributed by atoms with Crippen molar-refractivity contribution in [3.63, 3.8) is 0 Å². The maximum atomic E-state index is 12.3. The van der Waals surface area contributed by atoms with Gasteiger partial charge in [0.25, 0.3) is 10.0 Å². The maximum absolute atomic E-state index is 12.3. The Hall–Kier alpha value is -1.92. The van der Waals surface area contributed by atoms with Gasteiger partial charge in [-0.2, -0.15) is 0 Å². The first-order valence-corrected chi connectivity index (χ1v) is 8.37. The number of pyridine rings is 1. The molecule has 3 rings (SSSR count). The van der Waals surface area contributed by atoms with E-state index < -0.39 is 10.0 Å². The van der Waals surface area contributed by atoms with E-state index in [1.54, 1.807) is 36.5 Å². The van der Waals surface area contributed by atoms with Gasteiger partial charge in [0.2, 0.25) is 0 Å². The molecular formula is C15H17N3O2S. The second kappa shape index (κ2) is 5.83. The van der Waals surface area contributed by atoms with Gasteiger partial charge in [0.15, 0.2) is 0 Å². The third-order valence-electron chi connectivity index (χ3n) is 3.29. The number of aromatic nitrogens is 1. The van der Waals surface area contributed by atoms with Crippen LogP contribution < -0.4 is 10.0 Å². The molecule has 5 nitrogen and oxygen atoms in total. The molecule has 1 aliphatic carbocycles. The van der Waals surface area contributed by atoms with E-state index in [0.717, 1.165) is 5.56 Å². The number of rotatable bonds is 6. The summed E-state index contributed by atoms with van der Waals surface area (Å²) in [6, 6.07) is 10.9. The van der Waals surface area contributed by atoms with Crippen molar-refractivity contribution in [3.05, 3.63) is 54.4 Å². The first kappa shape index (κ1) is 14.0. The van der Waals surface area contributed by atoms with Crippen LogP contribution in [-0.4, -0.2) is 19.4 Å². The van der Waals surface area contributed by atoms with Crippen molar-refractivity contribution in [1.82, 2.24) is 10.3 Å². The number of nitrogens with zero attached hydrogens (tertiary/aromatic N) is 1. The van der Waals surface area contributed by atoms with Gasteiger partial charge in [0.05, 0.1) is 16.8 Å². The molecule has 2 aromatic rings. The largest absolute Gasteiger partial charge is 0.310 e. The zero-order valence-electron chi connectivity index (χ0n) is 11.5. The topological polar surface area (TPSA) is 71.1 Å². The Balaban J connectivity index is 1.76. The molecule has 1 aromatic heterocycles. The molecule has 1 fully saturated rings. The lowest BCUT2D eigenvalue weighted by atomic mass is 10.2. The Morgan fingerprint density at radius 3 is 2.76 bits per heavy atom. The van der Waals surface area contributed by atoms with Crippen LogP contribution >= 0.6 is 0 Å². The van der Waals surface area contributed by atoms with Gasteiger partial charge in [-0.3, -0.25) is 9.71 Å². The Bertz CT molecular complexity index is 713. The van der Waals surface area contributed by atoms with Crippen LogP contribution in [0.5, 0.6) is 0 Å². The first-order valence-electron chi connectivity index (χ1n) is 6.89. The lowest BCUT2D eigenvalue weighted by Crippen LogP contribution is -2.17. The maximum Gasteiger partial charge on any atom is 0.261 e. The molecule has 0 amide bonds. The number of hydrogen-bond donors (Lipinski definition) is 2. The van der Waals surface area contributed by atoms with Crippen LogP contribution in [0, 0.1) is 0 Å². The van der Waals surface area contributed by atoms with Crippen molar-refractivity contribution in [2.24, 2.45) is 0 Å². The highest BCUT2D eigenvalue weighted by Crippen LogP contribution is 2.20. The van der Waals surface area contributed by atoms with Crippen LogP contribution in [-0.2, 0) is 16.6 Å². The summed E-state index contributed by atoms with van der Waals surface area (Å²) in [4.78, 5) is 4.16. The highest BCUT2D eigenvalue weighted by Gasteiger charge is 2.20. The molecule has 0 spiro atoms. The zero-order chi connectivity index (χ0) is 14.7. The summed E-state index contributed by atoms with van der Waals surface area (Å²) in [6.07, 6.45) is 5.50. The molecular weight excluding hydrogens is 286 g/mol. The monoisotopic (exact) mass is 303 g/mol. The van der Waals surface area contributed by atoms with Crippen LogP contribution in [0.25, 0.3) is 0 Å². The first-order chi connectivity index (χ1) is 10.1. The van der Waals surface area contributed by atoms with Gasteiger partial charge < -0.3 is 5.32 Å². The van der Waals surface area contributed by atoms with Crippen LogP contribution in [0.1, 0.15) is 18.4 Å². The molecule has 1 aliphatic rings. The summed E-state index contributed by atoms with van der Waals surface area (Å²) in [5.41, 5.74) is 1.43. The molecule has 1 heterocycles. The number of hydrogen-bond acceptors (Lipinski definition) is 4. The van der Waals surface area contributed by atoms with Gasteiger partial charge in [-0.1, -0.05) is 12.1 Å². The fraction of sp³-hybridized carbons (Fsp3) is 0.267. The highest BCUT2D eigenvalue weighted by atomic mass is 32.2. The quantitative estimate of drug-likeness (QED) is 0.857. The fourth-order valence-electron chi connectivity index (χ4n) is 2.01. The van der Waals surface area contributed by atoms with E-state index >= 15 is 0 Å². The van der Waals surface area contributed by atoms with Crippen molar-refractivity contribution in [3.8, 4) is 0 Å². The predicted molar refractivity (Wildman–Crippen MR) is 81.3 cm³/mol. The van der Waals surface area contributed by atoms with Gasteiger partial charge >= 0.3 is 0 Å². The van der Waals surface area contributed by atoms with Crippen LogP contribution in [0.15, 0.2) is 53.7 Å². The molecule has 0 aliphatic heterocycles. The Labute approximate surface area is 124 Å². The summed E-state index contributed by atoms with van der Waals surface area (Å²) < 4.78 is 27.2. The average Bonchev–Trinajstić information content (AvgIpc) is 3.30. The SMILES string of the molecule is O=S(=O)(Nc1cccnc1)c1cccc(CNC2CC2)c1. The standard InChI is InChI=1S/C15H17N3O2S/c19-21(20,18-14-4-2-8-16-11-14)15-5-1-3-12(9-15)10-17-13-6-7-13/h1-5,8-9,11,13,17-18H,6-7,10H2. The van der Waals surface area contributed by atoms with Gasteiger partial charge in [-0.15, -0.1) is 0 Å². The number of nitrogens with one attached hydrogen (secondary N) is 2. The average molecular weight is 303 g/mol. The van der Waals surface area contributed by atoms with Crippen molar-refractivity contribution >= 4 is 15.7 Å². The lowest BCUT2D eigenvalue weighted by molar-refractivity contribution is 0.601. The summed E-state index contributed by atoms with van der Waals surface area (Å²) in [5, 5.41) is 3.38. The number of benzene rings is 1. The molecule has 0 atom stereocenters. The van der Waals surface area contributed by atoms with Gasteiger partial charge in [-0.05, 0) is 42.7 Å². The summed E-state index contributed by atoms with van der Waals surface area (Å²) in [7, 11) is -3.58. The fourth-order valence-corrected chi connectivity index (χ4v) is 3.12. The molecule has 0 unspecified atom stereocenters. The highest BCUT2D eigenvalue weighted by molar-refractivity contribution is 7.92. The third kappa shape index (κ3) is 3.80. The lowest BCUT2D eigenvalue weighted by Gasteiger charge is -2.09. The summed E-state index contributed by atoms with van der Waals surface area (Å²) in [6.45, 7) is 0.695. The normalized spacial score (nSPS) is 14.9. The van der Waals surface area contributed by atoms with Crippen LogP contribution in [0.2, 0.25) is 0 Å². The molecule has 0 radical (unpaired) electrons. The van der Waals surface area contributed by atoms with E-state index in [1.165, 1.54) is 19.0 Å². The minimum absolute atomic E-state index is 0.265. The molecule has 1 aromatic carbocycles. The van der Waals surface area contributed by atoms with Crippen molar-refractivity contribution < 1.29 is 8.42 Å². The minimum atomic E-state index is -3.58. The molecule has 2 N–H and O–H groups in total. The van der Waals surface area contributed by atoms with E-state index in [-0.39, 0.29) is 4.90 Å². The molecule has 110 valence electrons. The van der Waals surface area contributed by atoms with E-state index in [2.05, 4.69) is 15.0 Å². The molecule has 0 saturated heterocycles. The van der Waals surface area contributed by atoms with Crippen molar-refractivity contribution in [2.75, 3.05) is 4.72 Å². The molecule has 6 heteroatoms. The molecule has 21 heavy (non-hydrogen) atoms. The van der Waals surface area contributed by atoms with Crippen LogP contribution in [0.4, 0.5) is 5.69 Å². The van der Waals surface area contributed by atoms with Crippen LogP contribution in [0.3, 0.4) is 0 Å². The second-order valence-corrected chi connectivity index (χ2v) is 6.83. The minimum Gasteiger partial charge on any atom is -0.310 e. The number of sulfonamides is 1. The Morgan fingerprint density at radius 1 is 1.19 bits per heavy atom. The predicted octanol–water partition coefficient (Wildman–Crippen LogP) is 2.13. The van der Waals surface area contributed by atoms with Gasteiger partial charge in [0.1, 0.15) is 0 Å². The third-order valence-corrected chi connectivity index (χ3v) is 4.67. The van der Waals surface area contributed by atoms with Crippen molar-refractivity contribution in [1.29, 1.82) is 0 Å². The summed E-state index contributed by atoms with van der Waals surface area (Å²) >= 11 is 0. The Kier molecular flexibility index (Phi) is 3.90. The number of anilines is 1. The summed E-state index contributed by atoms with van der Waals surface area (Å²) in [5.74, 6) is 0. The van der Waals surface area contributed by atoms with E-state index in [0.29, 0.717) is 18.3 Å². The van der Waals surface area contributed by atoms with E-state index in [1.807, 2.05) is 6.07 Å². The zero-order valence-corrected chi connectivity index (χ0v) is 12.3. The molecule has 0 bridgehead atoms. The van der Waals surface area contributed by atoms with Gasteiger partial charge in [-0.25, -0.2) is 8.42 Å². The van der Waals surface area contributed by atoms with E-state index in [9.17, 15) is 8.42 Å². The molecule has 1 saturated carbocycles. The Morgan fingerprint density at radius 2 is 2.05 bits per heavy atom. The van der Waals surface area contributed by atoms with E-state index in [4.69, 9.17) is 0 Å². The van der Waals surface area contributed by atoms with Gasteiger partial charge in [0, 0.05) is 18.8 Å². The second-order valence-electron chi connectivity index (χ2n) is 5.15.